The van der Waals surface area contributed by atoms with E-state index in [-0.39, 0.29) is 6.03 Å². The van der Waals surface area contributed by atoms with E-state index in [1.165, 1.54) is 0 Å². The number of carbonyl (C=O) groups excluding carboxylic acids is 2. The smallest absolute Gasteiger partial charge is 0.340 e. The van der Waals surface area contributed by atoms with Crippen LogP contribution in [0.2, 0.25) is 0 Å². The van der Waals surface area contributed by atoms with Gasteiger partial charge in [-0.1, -0.05) is 12.1 Å². The molecule has 1 saturated heterocycles. The predicted molar refractivity (Wildman–Crippen MR) is 103 cm³/mol. The zero-order valence-electron chi connectivity index (χ0n) is 16.0. The Labute approximate surface area is 155 Å². The number of hydrogen-bond donors (Lipinski definition) is 1. The minimum Gasteiger partial charge on any atom is -0.462 e. The van der Waals surface area contributed by atoms with Gasteiger partial charge in [0, 0.05) is 26.2 Å². The Balaban J connectivity index is 1.85. The summed E-state index contributed by atoms with van der Waals surface area (Å²) in [6.07, 6.45) is 1.13. The number of urea groups is 1. The Morgan fingerprint density at radius 1 is 1.15 bits per heavy atom. The number of hydrogen-bond acceptors (Lipinski definition) is 5. The Kier molecular flexibility index (Phi) is 7.87. The number of ether oxygens (including phenoxy) is 1. The van der Waals surface area contributed by atoms with E-state index < -0.39 is 5.97 Å². The number of esters is 1. The van der Waals surface area contributed by atoms with Gasteiger partial charge in [0.2, 0.25) is 0 Å². The molecule has 0 radical (unpaired) electrons. The number of nitrogens with zero attached hydrogens (tertiary/aromatic N) is 3. The number of rotatable bonds is 7. The van der Waals surface area contributed by atoms with Crippen molar-refractivity contribution in [2.75, 3.05) is 65.3 Å². The fourth-order valence-corrected chi connectivity index (χ4v) is 2.96. The van der Waals surface area contributed by atoms with Gasteiger partial charge < -0.3 is 19.9 Å². The maximum absolute atomic E-state index is 12.5. The van der Waals surface area contributed by atoms with Crippen LogP contribution in [0.25, 0.3) is 0 Å². The summed E-state index contributed by atoms with van der Waals surface area (Å²) in [5.41, 5.74) is 0.870. The van der Waals surface area contributed by atoms with Crippen molar-refractivity contribution in [1.82, 2.24) is 14.7 Å². The molecular weight excluding hydrogens is 332 g/mol. The first-order chi connectivity index (χ1) is 12.5. The second-order valence-electron chi connectivity index (χ2n) is 6.68. The van der Waals surface area contributed by atoms with Gasteiger partial charge in [-0.2, -0.15) is 0 Å². The van der Waals surface area contributed by atoms with E-state index in [1.54, 1.807) is 36.1 Å². The van der Waals surface area contributed by atoms with E-state index in [9.17, 15) is 9.59 Å². The molecule has 0 aliphatic carbocycles. The lowest BCUT2D eigenvalue weighted by molar-refractivity contribution is 0.0527. The van der Waals surface area contributed by atoms with Crippen molar-refractivity contribution in [2.24, 2.45) is 0 Å². The first-order valence-electron chi connectivity index (χ1n) is 9.20. The summed E-state index contributed by atoms with van der Waals surface area (Å²) < 4.78 is 5.05. The van der Waals surface area contributed by atoms with Gasteiger partial charge in [-0.05, 0) is 52.7 Å². The number of benzene rings is 1. The normalized spacial score (nSPS) is 15.2. The first kappa shape index (κ1) is 20.2. The maximum atomic E-state index is 12.5. The number of piperazine rings is 1. The van der Waals surface area contributed by atoms with Crippen molar-refractivity contribution in [3.63, 3.8) is 0 Å². The molecule has 2 rings (SSSR count). The van der Waals surface area contributed by atoms with Crippen LogP contribution in [-0.2, 0) is 4.74 Å². The molecular formula is C19H30N4O3. The van der Waals surface area contributed by atoms with Crippen molar-refractivity contribution in [1.29, 1.82) is 0 Å². The molecule has 7 heteroatoms. The van der Waals surface area contributed by atoms with E-state index in [1.807, 2.05) is 0 Å². The average Bonchev–Trinajstić information content (AvgIpc) is 2.62. The fourth-order valence-electron chi connectivity index (χ4n) is 2.96. The highest BCUT2D eigenvalue weighted by Gasteiger charge is 2.22. The van der Waals surface area contributed by atoms with Crippen LogP contribution in [0.1, 0.15) is 23.7 Å². The van der Waals surface area contributed by atoms with Crippen LogP contribution >= 0.6 is 0 Å². The molecule has 1 aliphatic rings. The lowest BCUT2D eigenvalue weighted by Crippen LogP contribution is -2.50. The quantitative estimate of drug-likeness (QED) is 0.751. The molecule has 1 heterocycles. The van der Waals surface area contributed by atoms with Gasteiger partial charge >= 0.3 is 12.0 Å². The van der Waals surface area contributed by atoms with E-state index in [4.69, 9.17) is 4.74 Å². The SMILES string of the molecule is CCOC(=O)c1ccccc1NC(=O)N1CCN(CCCN(C)C)CC1. The van der Waals surface area contributed by atoms with Crippen LogP contribution in [0.15, 0.2) is 24.3 Å². The number of amides is 2. The second-order valence-corrected chi connectivity index (χ2v) is 6.68. The molecule has 2 amide bonds. The summed E-state index contributed by atoms with van der Waals surface area (Å²) >= 11 is 0. The van der Waals surface area contributed by atoms with Crippen molar-refractivity contribution in [3.05, 3.63) is 29.8 Å². The maximum Gasteiger partial charge on any atom is 0.340 e. The highest BCUT2D eigenvalue weighted by Crippen LogP contribution is 2.17. The monoisotopic (exact) mass is 362 g/mol. The lowest BCUT2D eigenvalue weighted by Gasteiger charge is -2.35. The van der Waals surface area contributed by atoms with Gasteiger partial charge in [0.15, 0.2) is 0 Å². The molecule has 7 nitrogen and oxygen atoms in total. The standard InChI is InChI=1S/C19H30N4O3/c1-4-26-18(24)16-8-5-6-9-17(16)20-19(25)23-14-12-22(13-15-23)11-7-10-21(2)3/h5-6,8-9H,4,7,10-15H2,1-3H3,(H,20,25). The Morgan fingerprint density at radius 3 is 2.50 bits per heavy atom. The topological polar surface area (TPSA) is 65.1 Å². The summed E-state index contributed by atoms with van der Waals surface area (Å²) in [6.45, 7) is 7.32. The first-order valence-corrected chi connectivity index (χ1v) is 9.20. The molecule has 1 aliphatic heterocycles. The number of nitrogens with one attached hydrogen (secondary N) is 1. The van der Waals surface area contributed by atoms with Crippen LogP contribution in [0.4, 0.5) is 10.5 Å². The molecule has 0 spiro atoms. The fraction of sp³-hybridized carbons (Fsp3) is 0.579. The summed E-state index contributed by atoms with van der Waals surface area (Å²) in [6, 6.07) is 6.77. The van der Waals surface area contributed by atoms with E-state index in [0.29, 0.717) is 30.9 Å². The van der Waals surface area contributed by atoms with Crippen LogP contribution < -0.4 is 5.32 Å². The van der Waals surface area contributed by atoms with Crippen LogP contribution in [0, 0.1) is 0 Å². The molecule has 0 unspecified atom stereocenters. The third kappa shape index (κ3) is 6.00. The van der Waals surface area contributed by atoms with Crippen molar-refractivity contribution < 1.29 is 14.3 Å². The van der Waals surface area contributed by atoms with Crippen LogP contribution in [0.3, 0.4) is 0 Å². The van der Waals surface area contributed by atoms with E-state index >= 15 is 0 Å². The summed E-state index contributed by atoms with van der Waals surface area (Å²) in [5, 5.41) is 2.85. The number of anilines is 1. The van der Waals surface area contributed by atoms with Crippen molar-refractivity contribution >= 4 is 17.7 Å². The average molecular weight is 362 g/mol. The minimum atomic E-state index is -0.422. The Bertz CT molecular complexity index is 598. The molecule has 1 aromatic rings. The van der Waals surface area contributed by atoms with Crippen molar-refractivity contribution in [3.8, 4) is 0 Å². The highest BCUT2D eigenvalue weighted by atomic mass is 16.5. The zero-order valence-corrected chi connectivity index (χ0v) is 16.0. The molecule has 144 valence electrons. The zero-order chi connectivity index (χ0) is 18.9. The molecule has 0 saturated carbocycles. The lowest BCUT2D eigenvalue weighted by atomic mass is 10.2. The third-order valence-electron chi connectivity index (χ3n) is 4.40. The van der Waals surface area contributed by atoms with Crippen LogP contribution in [0.5, 0.6) is 0 Å². The van der Waals surface area contributed by atoms with Crippen LogP contribution in [-0.4, -0.2) is 86.7 Å². The van der Waals surface area contributed by atoms with Gasteiger partial charge in [-0.25, -0.2) is 9.59 Å². The molecule has 1 N–H and O–H groups in total. The minimum absolute atomic E-state index is 0.172. The molecule has 1 fully saturated rings. The summed E-state index contributed by atoms with van der Waals surface area (Å²) in [5.74, 6) is -0.422. The third-order valence-corrected chi connectivity index (χ3v) is 4.40. The van der Waals surface area contributed by atoms with Crippen molar-refractivity contribution in [2.45, 2.75) is 13.3 Å². The summed E-state index contributed by atoms with van der Waals surface area (Å²) in [7, 11) is 4.16. The second kappa shape index (κ2) is 10.1. The molecule has 1 aromatic carbocycles. The van der Waals surface area contributed by atoms with Gasteiger partial charge in [0.1, 0.15) is 0 Å². The molecule has 0 bridgehead atoms. The summed E-state index contributed by atoms with van der Waals surface area (Å²) in [4.78, 5) is 30.9. The molecule has 0 aromatic heterocycles. The highest BCUT2D eigenvalue weighted by molar-refractivity contribution is 6.00. The van der Waals surface area contributed by atoms with E-state index in [0.717, 1.165) is 32.6 Å². The molecule has 26 heavy (non-hydrogen) atoms. The Hall–Kier alpha value is -2.12. The molecule has 0 atom stereocenters. The van der Waals surface area contributed by atoms with Gasteiger partial charge in [-0.15, -0.1) is 0 Å². The number of carbonyl (C=O) groups is 2. The number of para-hydroxylation sites is 1. The van der Waals surface area contributed by atoms with E-state index in [2.05, 4.69) is 29.2 Å². The van der Waals surface area contributed by atoms with Gasteiger partial charge in [0.25, 0.3) is 0 Å². The largest absolute Gasteiger partial charge is 0.462 e. The van der Waals surface area contributed by atoms with Gasteiger partial charge in [-0.3, -0.25) is 4.90 Å². The van der Waals surface area contributed by atoms with Gasteiger partial charge in [0.05, 0.1) is 17.9 Å². The predicted octanol–water partition coefficient (Wildman–Crippen LogP) is 1.96. The Morgan fingerprint density at radius 2 is 1.85 bits per heavy atom.